The SMILES string of the molecule is Cc1c(N)ncnc1Oc1ccccc1-c1ccccc1. The number of nitrogens with two attached hydrogens (primary N) is 1. The Kier molecular flexibility index (Phi) is 3.51. The summed E-state index contributed by atoms with van der Waals surface area (Å²) in [6, 6.07) is 17.9. The van der Waals surface area contributed by atoms with E-state index in [0.717, 1.165) is 22.4 Å². The third-order valence-electron chi connectivity index (χ3n) is 3.26. The van der Waals surface area contributed by atoms with Crippen molar-refractivity contribution >= 4 is 5.82 Å². The normalized spacial score (nSPS) is 10.3. The number of nitrogen functional groups attached to an aromatic ring is 1. The van der Waals surface area contributed by atoms with Gasteiger partial charge < -0.3 is 10.5 Å². The van der Waals surface area contributed by atoms with Crippen molar-refractivity contribution in [2.45, 2.75) is 6.92 Å². The van der Waals surface area contributed by atoms with Gasteiger partial charge >= 0.3 is 0 Å². The van der Waals surface area contributed by atoms with Crippen molar-refractivity contribution in [1.82, 2.24) is 9.97 Å². The fourth-order valence-electron chi connectivity index (χ4n) is 2.07. The molecule has 0 saturated carbocycles. The summed E-state index contributed by atoms with van der Waals surface area (Å²) >= 11 is 0. The lowest BCUT2D eigenvalue weighted by molar-refractivity contribution is 0.459. The van der Waals surface area contributed by atoms with Gasteiger partial charge in [-0.2, -0.15) is 0 Å². The quantitative estimate of drug-likeness (QED) is 0.790. The van der Waals surface area contributed by atoms with Crippen LogP contribution in [0.3, 0.4) is 0 Å². The average molecular weight is 277 g/mol. The maximum Gasteiger partial charge on any atom is 0.227 e. The molecule has 4 nitrogen and oxygen atoms in total. The maximum atomic E-state index is 5.94. The predicted molar refractivity (Wildman–Crippen MR) is 83.1 cm³/mol. The van der Waals surface area contributed by atoms with Crippen LogP contribution in [0, 0.1) is 6.92 Å². The summed E-state index contributed by atoms with van der Waals surface area (Å²) in [5.74, 6) is 1.65. The van der Waals surface area contributed by atoms with Gasteiger partial charge in [0.2, 0.25) is 5.88 Å². The molecule has 0 amide bonds. The van der Waals surface area contributed by atoms with Gasteiger partial charge in [-0.15, -0.1) is 0 Å². The van der Waals surface area contributed by atoms with Crippen LogP contribution in [0.5, 0.6) is 11.6 Å². The molecule has 3 rings (SSSR count). The Labute approximate surface area is 123 Å². The molecule has 2 N–H and O–H groups in total. The molecule has 21 heavy (non-hydrogen) atoms. The lowest BCUT2D eigenvalue weighted by Crippen LogP contribution is -1.99. The zero-order valence-corrected chi connectivity index (χ0v) is 11.7. The number of nitrogens with zero attached hydrogens (tertiary/aromatic N) is 2. The minimum Gasteiger partial charge on any atom is -0.438 e. The summed E-state index contributed by atoms with van der Waals surface area (Å²) in [6.07, 6.45) is 1.41. The fraction of sp³-hybridized carbons (Fsp3) is 0.0588. The van der Waals surface area contributed by atoms with Gasteiger partial charge in [-0.25, -0.2) is 9.97 Å². The van der Waals surface area contributed by atoms with Crippen LogP contribution in [0.25, 0.3) is 11.1 Å². The fourth-order valence-corrected chi connectivity index (χ4v) is 2.07. The second kappa shape index (κ2) is 5.63. The molecule has 0 radical (unpaired) electrons. The Balaban J connectivity index is 2.02. The molecule has 0 aliphatic carbocycles. The molecule has 3 aromatic rings. The first kappa shape index (κ1) is 13.1. The number of rotatable bonds is 3. The van der Waals surface area contributed by atoms with Crippen molar-refractivity contribution in [3.05, 3.63) is 66.5 Å². The smallest absolute Gasteiger partial charge is 0.227 e. The van der Waals surface area contributed by atoms with E-state index in [4.69, 9.17) is 10.5 Å². The lowest BCUT2D eigenvalue weighted by Gasteiger charge is -2.12. The van der Waals surface area contributed by atoms with Gasteiger partial charge in [-0.1, -0.05) is 48.5 Å². The summed E-state index contributed by atoms with van der Waals surface area (Å²) in [7, 11) is 0. The molecule has 0 spiro atoms. The molecule has 4 heteroatoms. The van der Waals surface area contributed by atoms with Crippen LogP contribution in [-0.4, -0.2) is 9.97 Å². The first-order valence-electron chi connectivity index (χ1n) is 6.65. The minimum absolute atomic E-state index is 0.428. The zero-order chi connectivity index (χ0) is 14.7. The summed E-state index contributed by atoms with van der Waals surface area (Å²) in [5.41, 5.74) is 8.63. The van der Waals surface area contributed by atoms with E-state index in [2.05, 4.69) is 9.97 Å². The molecule has 104 valence electrons. The summed E-state index contributed by atoms with van der Waals surface area (Å²) in [6.45, 7) is 1.84. The number of para-hydroxylation sites is 1. The highest BCUT2D eigenvalue weighted by molar-refractivity contribution is 5.70. The van der Waals surface area contributed by atoms with Crippen LogP contribution in [-0.2, 0) is 0 Å². The molecule has 0 aliphatic heterocycles. The van der Waals surface area contributed by atoms with Gasteiger partial charge in [-0.05, 0) is 18.6 Å². The van der Waals surface area contributed by atoms with Gasteiger partial charge in [-0.3, -0.25) is 0 Å². The second-order valence-electron chi connectivity index (χ2n) is 4.65. The van der Waals surface area contributed by atoms with Crippen molar-refractivity contribution in [1.29, 1.82) is 0 Å². The van der Waals surface area contributed by atoms with Crippen molar-refractivity contribution in [3.63, 3.8) is 0 Å². The van der Waals surface area contributed by atoms with E-state index in [1.54, 1.807) is 0 Å². The summed E-state index contributed by atoms with van der Waals surface area (Å²) in [4.78, 5) is 8.10. The topological polar surface area (TPSA) is 61.0 Å². The number of hydrogen-bond acceptors (Lipinski definition) is 4. The van der Waals surface area contributed by atoms with Gasteiger partial charge in [0, 0.05) is 5.56 Å². The number of benzene rings is 2. The second-order valence-corrected chi connectivity index (χ2v) is 4.65. The molecule has 0 bridgehead atoms. The Morgan fingerprint density at radius 2 is 1.62 bits per heavy atom. The highest BCUT2D eigenvalue weighted by Gasteiger charge is 2.10. The van der Waals surface area contributed by atoms with Crippen LogP contribution in [0.1, 0.15) is 5.56 Å². The van der Waals surface area contributed by atoms with E-state index in [-0.39, 0.29) is 0 Å². The number of ether oxygens (including phenoxy) is 1. The van der Waals surface area contributed by atoms with Gasteiger partial charge in [0.1, 0.15) is 17.9 Å². The van der Waals surface area contributed by atoms with Crippen LogP contribution in [0.2, 0.25) is 0 Å². The van der Waals surface area contributed by atoms with E-state index in [1.807, 2.05) is 61.5 Å². The Morgan fingerprint density at radius 1 is 0.905 bits per heavy atom. The molecule has 0 fully saturated rings. The van der Waals surface area contributed by atoms with E-state index < -0.39 is 0 Å². The number of hydrogen-bond donors (Lipinski definition) is 1. The average Bonchev–Trinajstić information content (AvgIpc) is 2.53. The lowest BCUT2D eigenvalue weighted by atomic mass is 10.1. The van der Waals surface area contributed by atoms with Crippen molar-refractivity contribution in [2.75, 3.05) is 5.73 Å². The van der Waals surface area contributed by atoms with Crippen LogP contribution in [0.15, 0.2) is 60.9 Å². The van der Waals surface area contributed by atoms with E-state index in [1.165, 1.54) is 6.33 Å². The third-order valence-corrected chi connectivity index (χ3v) is 3.26. The summed E-state index contributed by atoms with van der Waals surface area (Å²) in [5, 5.41) is 0. The molecule has 0 atom stereocenters. The molecular weight excluding hydrogens is 262 g/mol. The molecular formula is C17H15N3O. The molecule has 1 aromatic heterocycles. The van der Waals surface area contributed by atoms with Crippen LogP contribution < -0.4 is 10.5 Å². The van der Waals surface area contributed by atoms with E-state index >= 15 is 0 Å². The van der Waals surface area contributed by atoms with Gasteiger partial charge in [0.15, 0.2) is 0 Å². The largest absolute Gasteiger partial charge is 0.438 e. The van der Waals surface area contributed by atoms with Gasteiger partial charge in [0.25, 0.3) is 0 Å². The zero-order valence-electron chi connectivity index (χ0n) is 11.7. The Morgan fingerprint density at radius 3 is 2.43 bits per heavy atom. The molecule has 1 heterocycles. The first-order chi connectivity index (χ1) is 10.3. The highest BCUT2D eigenvalue weighted by atomic mass is 16.5. The monoisotopic (exact) mass is 277 g/mol. The summed E-state index contributed by atoms with van der Waals surface area (Å²) < 4.78 is 5.94. The highest BCUT2D eigenvalue weighted by Crippen LogP contribution is 2.33. The van der Waals surface area contributed by atoms with E-state index in [9.17, 15) is 0 Å². The predicted octanol–water partition coefficient (Wildman–Crippen LogP) is 3.83. The van der Waals surface area contributed by atoms with Crippen LogP contribution in [0.4, 0.5) is 5.82 Å². The first-order valence-corrected chi connectivity index (χ1v) is 6.65. The van der Waals surface area contributed by atoms with Crippen molar-refractivity contribution in [2.24, 2.45) is 0 Å². The molecule has 0 unspecified atom stereocenters. The van der Waals surface area contributed by atoms with Crippen molar-refractivity contribution in [3.8, 4) is 22.8 Å². The minimum atomic E-state index is 0.428. The van der Waals surface area contributed by atoms with Gasteiger partial charge in [0.05, 0.1) is 5.56 Å². The number of anilines is 1. The Bertz CT molecular complexity index is 757. The molecule has 2 aromatic carbocycles. The number of aromatic nitrogens is 2. The molecule has 0 aliphatic rings. The maximum absolute atomic E-state index is 5.94. The van der Waals surface area contributed by atoms with Crippen molar-refractivity contribution < 1.29 is 4.74 Å². The Hall–Kier alpha value is -2.88. The molecule has 0 saturated heterocycles. The van der Waals surface area contributed by atoms with Crippen LogP contribution >= 0.6 is 0 Å². The van der Waals surface area contributed by atoms with E-state index in [0.29, 0.717) is 11.7 Å². The third kappa shape index (κ3) is 2.69. The standard InChI is InChI=1S/C17H15N3O/c1-12-16(18)19-11-20-17(12)21-15-10-6-5-9-14(15)13-7-3-2-4-8-13/h2-11H,1H3,(H2,18,19,20).